The second-order valence-electron chi connectivity index (χ2n) is 4.12. The van der Waals surface area contributed by atoms with E-state index in [9.17, 15) is 4.79 Å². The lowest BCUT2D eigenvalue weighted by Gasteiger charge is -2.10. The van der Waals surface area contributed by atoms with E-state index in [0.29, 0.717) is 27.9 Å². The number of amides is 1. The van der Waals surface area contributed by atoms with Gasteiger partial charge >= 0.3 is 0 Å². The summed E-state index contributed by atoms with van der Waals surface area (Å²) in [6, 6.07) is 12.2. The highest BCUT2D eigenvalue weighted by Gasteiger charge is 2.11. The molecule has 0 unspecified atom stereocenters. The predicted molar refractivity (Wildman–Crippen MR) is 80.6 cm³/mol. The fourth-order valence-electron chi connectivity index (χ4n) is 1.77. The van der Waals surface area contributed by atoms with Crippen LogP contribution in [0.3, 0.4) is 0 Å². The monoisotopic (exact) mass is 309 g/mol. The number of ether oxygens (including phenoxy) is 1. The van der Waals surface area contributed by atoms with Crippen LogP contribution in [0.4, 0.5) is 0 Å². The molecule has 0 bridgehead atoms. The van der Waals surface area contributed by atoms with Gasteiger partial charge in [-0.3, -0.25) is 4.79 Å². The lowest BCUT2D eigenvalue weighted by atomic mass is 10.1. The average molecular weight is 310 g/mol. The third kappa shape index (κ3) is 3.44. The summed E-state index contributed by atoms with van der Waals surface area (Å²) in [5, 5.41) is 3.89. The van der Waals surface area contributed by atoms with E-state index in [2.05, 4.69) is 5.32 Å². The highest BCUT2D eigenvalue weighted by atomic mass is 35.5. The Kier molecular flexibility index (Phi) is 4.88. The summed E-state index contributed by atoms with van der Waals surface area (Å²) in [6.07, 6.45) is 0. The van der Waals surface area contributed by atoms with Crippen LogP contribution in [0, 0.1) is 0 Å². The highest BCUT2D eigenvalue weighted by Crippen LogP contribution is 2.21. The molecule has 0 spiro atoms. The van der Waals surface area contributed by atoms with E-state index >= 15 is 0 Å². The fraction of sp³-hybridized carbons (Fsp3) is 0.133. The zero-order chi connectivity index (χ0) is 14.5. The second kappa shape index (κ2) is 6.64. The summed E-state index contributed by atoms with van der Waals surface area (Å²) >= 11 is 11.9. The number of hydrogen-bond acceptors (Lipinski definition) is 2. The molecule has 0 heterocycles. The van der Waals surface area contributed by atoms with Crippen molar-refractivity contribution in [3.63, 3.8) is 0 Å². The molecule has 0 radical (unpaired) electrons. The van der Waals surface area contributed by atoms with Crippen molar-refractivity contribution in [1.82, 2.24) is 5.32 Å². The Morgan fingerprint density at radius 2 is 1.95 bits per heavy atom. The van der Waals surface area contributed by atoms with Crippen LogP contribution in [-0.2, 0) is 6.54 Å². The third-order valence-electron chi connectivity index (χ3n) is 2.81. The quantitative estimate of drug-likeness (QED) is 0.929. The Bertz CT molecular complexity index is 629. The SMILES string of the molecule is COc1ccccc1C(=O)NCc1ccc(Cl)cc1Cl. The summed E-state index contributed by atoms with van der Waals surface area (Å²) in [6.45, 7) is 0.326. The molecule has 0 saturated heterocycles. The van der Waals surface area contributed by atoms with E-state index in [1.807, 2.05) is 6.07 Å². The van der Waals surface area contributed by atoms with Gasteiger partial charge in [0, 0.05) is 16.6 Å². The van der Waals surface area contributed by atoms with Gasteiger partial charge in [0.15, 0.2) is 0 Å². The van der Waals surface area contributed by atoms with E-state index in [1.54, 1.807) is 36.4 Å². The van der Waals surface area contributed by atoms with E-state index in [1.165, 1.54) is 7.11 Å². The van der Waals surface area contributed by atoms with Gasteiger partial charge in [-0.15, -0.1) is 0 Å². The van der Waals surface area contributed by atoms with Crippen molar-refractivity contribution >= 4 is 29.1 Å². The molecular weight excluding hydrogens is 297 g/mol. The first-order chi connectivity index (χ1) is 9.61. The molecular formula is C15H13Cl2NO2. The summed E-state index contributed by atoms with van der Waals surface area (Å²) in [5.41, 5.74) is 1.29. The number of halogens is 2. The van der Waals surface area contributed by atoms with Gasteiger partial charge in [0.2, 0.25) is 0 Å². The number of nitrogens with one attached hydrogen (secondary N) is 1. The molecule has 2 aromatic carbocycles. The first kappa shape index (κ1) is 14.7. The van der Waals surface area contributed by atoms with Gasteiger partial charge in [-0.2, -0.15) is 0 Å². The lowest BCUT2D eigenvalue weighted by Crippen LogP contribution is -2.23. The van der Waals surface area contributed by atoms with E-state index in [0.717, 1.165) is 5.56 Å². The number of methoxy groups -OCH3 is 1. The molecule has 0 aliphatic carbocycles. The summed E-state index contributed by atoms with van der Waals surface area (Å²) in [7, 11) is 1.53. The zero-order valence-corrected chi connectivity index (χ0v) is 12.3. The molecule has 0 fully saturated rings. The van der Waals surface area contributed by atoms with Crippen LogP contribution in [0.25, 0.3) is 0 Å². The third-order valence-corrected chi connectivity index (χ3v) is 3.39. The number of para-hydroxylation sites is 1. The molecule has 0 aliphatic rings. The van der Waals surface area contributed by atoms with Crippen molar-refractivity contribution in [2.45, 2.75) is 6.54 Å². The van der Waals surface area contributed by atoms with Gasteiger partial charge in [-0.05, 0) is 29.8 Å². The first-order valence-corrected chi connectivity index (χ1v) is 6.72. The number of carbonyl (C=O) groups is 1. The van der Waals surface area contributed by atoms with Crippen LogP contribution < -0.4 is 10.1 Å². The number of carbonyl (C=O) groups excluding carboxylic acids is 1. The zero-order valence-electron chi connectivity index (χ0n) is 10.8. The van der Waals surface area contributed by atoms with Crippen molar-refractivity contribution in [3.8, 4) is 5.75 Å². The van der Waals surface area contributed by atoms with Crippen LogP contribution in [0.1, 0.15) is 15.9 Å². The smallest absolute Gasteiger partial charge is 0.255 e. The average Bonchev–Trinajstić information content (AvgIpc) is 2.46. The van der Waals surface area contributed by atoms with Gasteiger partial charge in [0.25, 0.3) is 5.91 Å². The fourth-order valence-corrected chi connectivity index (χ4v) is 2.24. The second-order valence-corrected chi connectivity index (χ2v) is 4.96. The Balaban J connectivity index is 2.09. The molecule has 1 amide bonds. The Morgan fingerprint density at radius 3 is 2.65 bits per heavy atom. The standard InChI is InChI=1S/C15H13Cl2NO2/c1-20-14-5-3-2-4-12(14)15(19)18-9-10-6-7-11(16)8-13(10)17/h2-8H,9H2,1H3,(H,18,19). The van der Waals surface area contributed by atoms with Gasteiger partial charge in [-0.1, -0.05) is 41.4 Å². The molecule has 3 nitrogen and oxygen atoms in total. The van der Waals surface area contributed by atoms with Crippen molar-refractivity contribution in [2.75, 3.05) is 7.11 Å². The van der Waals surface area contributed by atoms with Crippen LogP contribution in [0.15, 0.2) is 42.5 Å². The molecule has 2 aromatic rings. The molecule has 2 rings (SSSR count). The predicted octanol–water partition coefficient (Wildman–Crippen LogP) is 3.93. The van der Waals surface area contributed by atoms with Crippen molar-refractivity contribution in [1.29, 1.82) is 0 Å². The van der Waals surface area contributed by atoms with Crippen LogP contribution in [-0.4, -0.2) is 13.0 Å². The maximum atomic E-state index is 12.1. The maximum Gasteiger partial charge on any atom is 0.255 e. The van der Waals surface area contributed by atoms with Gasteiger partial charge < -0.3 is 10.1 Å². The minimum absolute atomic E-state index is 0.214. The molecule has 0 saturated carbocycles. The summed E-state index contributed by atoms with van der Waals surface area (Å²) in [5.74, 6) is 0.320. The molecule has 0 aliphatic heterocycles. The number of hydrogen-bond donors (Lipinski definition) is 1. The largest absolute Gasteiger partial charge is 0.496 e. The Hall–Kier alpha value is -1.71. The first-order valence-electron chi connectivity index (χ1n) is 5.97. The Morgan fingerprint density at radius 1 is 1.20 bits per heavy atom. The molecule has 0 atom stereocenters. The van der Waals surface area contributed by atoms with E-state index in [4.69, 9.17) is 27.9 Å². The topological polar surface area (TPSA) is 38.3 Å². The summed E-state index contributed by atoms with van der Waals surface area (Å²) in [4.78, 5) is 12.1. The number of benzene rings is 2. The highest BCUT2D eigenvalue weighted by molar-refractivity contribution is 6.35. The summed E-state index contributed by atoms with van der Waals surface area (Å²) < 4.78 is 5.15. The maximum absolute atomic E-state index is 12.1. The van der Waals surface area contributed by atoms with Gasteiger partial charge in [0.05, 0.1) is 12.7 Å². The molecule has 1 N–H and O–H groups in total. The molecule has 20 heavy (non-hydrogen) atoms. The van der Waals surface area contributed by atoms with E-state index < -0.39 is 0 Å². The molecule has 104 valence electrons. The number of rotatable bonds is 4. The van der Waals surface area contributed by atoms with Gasteiger partial charge in [0.1, 0.15) is 5.75 Å². The Labute approximate surface area is 127 Å². The minimum atomic E-state index is -0.214. The van der Waals surface area contributed by atoms with Gasteiger partial charge in [-0.25, -0.2) is 0 Å². The lowest BCUT2D eigenvalue weighted by molar-refractivity contribution is 0.0948. The van der Waals surface area contributed by atoms with Crippen LogP contribution in [0.5, 0.6) is 5.75 Å². The molecule has 5 heteroatoms. The van der Waals surface area contributed by atoms with Crippen molar-refractivity contribution in [2.24, 2.45) is 0 Å². The van der Waals surface area contributed by atoms with Crippen molar-refractivity contribution in [3.05, 3.63) is 63.6 Å². The minimum Gasteiger partial charge on any atom is -0.496 e. The normalized spacial score (nSPS) is 10.2. The van der Waals surface area contributed by atoms with Crippen LogP contribution in [0.2, 0.25) is 10.0 Å². The van der Waals surface area contributed by atoms with E-state index in [-0.39, 0.29) is 5.91 Å². The van der Waals surface area contributed by atoms with Crippen molar-refractivity contribution < 1.29 is 9.53 Å². The van der Waals surface area contributed by atoms with Crippen LogP contribution >= 0.6 is 23.2 Å². The molecule has 0 aromatic heterocycles.